The predicted octanol–water partition coefficient (Wildman–Crippen LogP) is 2.83. The molecule has 0 saturated heterocycles. The molecular formula is C15H20ClN3O2. The van der Waals surface area contributed by atoms with E-state index in [0.29, 0.717) is 23.4 Å². The van der Waals surface area contributed by atoms with Gasteiger partial charge < -0.3 is 16.3 Å². The van der Waals surface area contributed by atoms with E-state index in [4.69, 9.17) is 22.5 Å². The van der Waals surface area contributed by atoms with Gasteiger partial charge in [-0.1, -0.05) is 42.1 Å². The van der Waals surface area contributed by atoms with E-state index in [1.54, 1.807) is 18.2 Å². The van der Waals surface area contributed by atoms with E-state index >= 15 is 0 Å². The Hall–Kier alpha value is -1.75. The van der Waals surface area contributed by atoms with Gasteiger partial charge in [-0.2, -0.15) is 0 Å². The summed E-state index contributed by atoms with van der Waals surface area (Å²) in [5.41, 5.74) is 6.42. The van der Waals surface area contributed by atoms with Gasteiger partial charge in [-0.25, -0.2) is 0 Å². The van der Waals surface area contributed by atoms with E-state index in [-0.39, 0.29) is 11.7 Å². The van der Waals surface area contributed by atoms with Crippen molar-refractivity contribution in [3.05, 3.63) is 34.3 Å². The molecule has 6 heteroatoms. The third-order valence-electron chi connectivity index (χ3n) is 4.10. The minimum atomic E-state index is -0.765. The van der Waals surface area contributed by atoms with Crippen LogP contribution in [-0.4, -0.2) is 22.5 Å². The van der Waals surface area contributed by atoms with E-state index in [2.05, 4.69) is 10.5 Å². The van der Waals surface area contributed by atoms with Crippen LogP contribution in [0.1, 0.15) is 48.0 Å². The molecule has 0 radical (unpaired) electrons. The number of halogens is 1. The van der Waals surface area contributed by atoms with Crippen molar-refractivity contribution in [2.24, 2.45) is 10.9 Å². The second-order valence-electron chi connectivity index (χ2n) is 5.54. The van der Waals surface area contributed by atoms with Crippen LogP contribution in [0.5, 0.6) is 0 Å². The average Bonchev–Trinajstić information content (AvgIpc) is 2.49. The summed E-state index contributed by atoms with van der Waals surface area (Å²) in [7, 11) is 0. The lowest BCUT2D eigenvalue weighted by molar-refractivity contribution is 0.0905. The summed E-state index contributed by atoms with van der Waals surface area (Å²) in [6, 6.07) is 5.18. The van der Waals surface area contributed by atoms with Gasteiger partial charge in [0.05, 0.1) is 0 Å². The topological polar surface area (TPSA) is 87.7 Å². The lowest BCUT2D eigenvalue weighted by Gasteiger charge is -2.36. The minimum Gasteiger partial charge on any atom is -0.409 e. The van der Waals surface area contributed by atoms with Crippen LogP contribution in [0.2, 0.25) is 5.02 Å². The van der Waals surface area contributed by atoms with E-state index in [9.17, 15) is 4.79 Å². The van der Waals surface area contributed by atoms with Crippen molar-refractivity contribution < 1.29 is 10.0 Å². The molecule has 1 amide bonds. The fraction of sp³-hybridized carbons (Fsp3) is 0.467. The van der Waals surface area contributed by atoms with Crippen LogP contribution < -0.4 is 11.1 Å². The fourth-order valence-electron chi connectivity index (χ4n) is 2.82. The average molecular weight is 310 g/mol. The summed E-state index contributed by atoms with van der Waals surface area (Å²) in [6.07, 6.45) is 4.31. The highest BCUT2D eigenvalue weighted by molar-refractivity contribution is 6.31. The Balaban J connectivity index is 2.28. The maximum absolute atomic E-state index is 12.5. The third kappa shape index (κ3) is 3.29. The molecule has 1 aliphatic carbocycles. The maximum atomic E-state index is 12.5. The standard InChI is InChI=1S/C15H20ClN3O2/c1-10-5-6-11(16)9-12(10)13(20)18-15(14(17)19-21)7-3-2-4-8-15/h5-6,9,21H,2-4,7-8H2,1H3,(H2,17,19)(H,18,20). The molecule has 0 bridgehead atoms. The van der Waals surface area contributed by atoms with Crippen molar-refractivity contribution in [3.63, 3.8) is 0 Å². The Morgan fingerprint density at radius 1 is 1.38 bits per heavy atom. The van der Waals surface area contributed by atoms with Crippen LogP contribution in [0, 0.1) is 6.92 Å². The van der Waals surface area contributed by atoms with Crippen molar-refractivity contribution in [1.29, 1.82) is 0 Å². The first-order valence-corrected chi connectivity index (χ1v) is 7.43. The number of rotatable bonds is 3. The van der Waals surface area contributed by atoms with Crippen molar-refractivity contribution in [2.75, 3.05) is 0 Å². The number of amides is 1. The molecule has 0 spiro atoms. The Bertz CT molecular complexity index is 566. The van der Waals surface area contributed by atoms with E-state index < -0.39 is 5.54 Å². The van der Waals surface area contributed by atoms with Gasteiger partial charge in [0.15, 0.2) is 5.84 Å². The molecule has 0 unspecified atom stereocenters. The number of carbonyl (C=O) groups excluding carboxylic acids is 1. The molecule has 21 heavy (non-hydrogen) atoms. The van der Waals surface area contributed by atoms with Crippen molar-refractivity contribution in [1.82, 2.24) is 5.32 Å². The Labute approximate surface area is 129 Å². The summed E-state index contributed by atoms with van der Waals surface area (Å²) in [5.74, 6) is -0.182. The van der Waals surface area contributed by atoms with Crippen molar-refractivity contribution in [3.8, 4) is 0 Å². The zero-order valence-electron chi connectivity index (χ0n) is 12.0. The molecule has 5 nitrogen and oxygen atoms in total. The van der Waals surface area contributed by atoms with Crippen molar-refractivity contribution >= 4 is 23.3 Å². The van der Waals surface area contributed by atoms with Gasteiger partial charge in [-0.05, 0) is 37.5 Å². The van der Waals surface area contributed by atoms with Crippen LogP contribution in [0.4, 0.5) is 0 Å². The lowest BCUT2D eigenvalue weighted by atomic mass is 9.80. The summed E-state index contributed by atoms with van der Waals surface area (Å²) in [4.78, 5) is 12.5. The fourth-order valence-corrected chi connectivity index (χ4v) is 2.99. The number of amidine groups is 1. The number of benzene rings is 1. The Kier molecular flexibility index (Phi) is 4.73. The highest BCUT2D eigenvalue weighted by Gasteiger charge is 2.38. The van der Waals surface area contributed by atoms with Gasteiger partial charge in [0.25, 0.3) is 5.91 Å². The molecule has 1 aromatic rings. The molecule has 0 atom stereocenters. The molecule has 4 N–H and O–H groups in total. The van der Waals surface area contributed by atoms with Crippen LogP contribution in [-0.2, 0) is 0 Å². The minimum absolute atomic E-state index is 0.0650. The number of carbonyl (C=O) groups is 1. The first-order chi connectivity index (χ1) is 9.98. The van der Waals surface area contributed by atoms with E-state index in [1.165, 1.54) is 0 Å². The predicted molar refractivity (Wildman–Crippen MR) is 82.9 cm³/mol. The highest BCUT2D eigenvalue weighted by Crippen LogP contribution is 2.29. The second kappa shape index (κ2) is 6.35. The summed E-state index contributed by atoms with van der Waals surface area (Å²) < 4.78 is 0. The smallest absolute Gasteiger partial charge is 0.252 e. The normalized spacial score (nSPS) is 18.3. The summed E-state index contributed by atoms with van der Waals surface area (Å²) in [5, 5.41) is 15.6. The third-order valence-corrected chi connectivity index (χ3v) is 4.34. The quantitative estimate of drug-likeness (QED) is 0.347. The number of hydrogen-bond donors (Lipinski definition) is 3. The second-order valence-corrected chi connectivity index (χ2v) is 5.98. The van der Waals surface area contributed by atoms with Crippen LogP contribution >= 0.6 is 11.6 Å². The number of nitrogens with zero attached hydrogens (tertiary/aromatic N) is 1. The number of oxime groups is 1. The maximum Gasteiger partial charge on any atom is 0.252 e. The molecule has 1 saturated carbocycles. The van der Waals surface area contributed by atoms with Gasteiger partial charge >= 0.3 is 0 Å². The number of nitrogens with one attached hydrogen (secondary N) is 1. The van der Waals surface area contributed by atoms with Crippen molar-refractivity contribution in [2.45, 2.75) is 44.6 Å². The largest absolute Gasteiger partial charge is 0.409 e. The monoisotopic (exact) mass is 309 g/mol. The highest BCUT2D eigenvalue weighted by atomic mass is 35.5. The number of hydrogen-bond acceptors (Lipinski definition) is 3. The first kappa shape index (κ1) is 15.6. The van der Waals surface area contributed by atoms with Gasteiger partial charge in [0.2, 0.25) is 0 Å². The molecule has 1 aromatic carbocycles. The number of aryl methyl sites for hydroxylation is 1. The molecular weight excluding hydrogens is 290 g/mol. The zero-order valence-corrected chi connectivity index (χ0v) is 12.8. The molecule has 1 fully saturated rings. The molecule has 1 aliphatic rings. The Morgan fingerprint density at radius 3 is 2.67 bits per heavy atom. The number of nitrogens with two attached hydrogens (primary N) is 1. The molecule has 0 aliphatic heterocycles. The Morgan fingerprint density at radius 2 is 2.05 bits per heavy atom. The van der Waals surface area contributed by atoms with Gasteiger partial charge in [-0.15, -0.1) is 0 Å². The van der Waals surface area contributed by atoms with Crippen LogP contribution in [0.15, 0.2) is 23.4 Å². The lowest BCUT2D eigenvalue weighted by Crippen LogP contribution is -2.58. The van der Waals surface area contributed by atoms with Gasteiger partial charge in [-0.3, -0.25) is 4.79 Å². The molecule has 0 heterocycles. The van der Waals surface area contributed by atoms with Gasteiger partial charge in [0.1, 0.15) is 5.54 Å². The molecule has 0 aromatic heterocycles. The first-order valence-electron chi connectivity index (χ1n) is 7.05. The van der Waals surface area contributed by atoms with E-state index in [0.717, 1.165) is 24.8 Å². The van der Waals surface area contributed by atoms with Gasteiger partial charge in [0, 0.05) is 10.6 Å². The van der Waals surface area contributed by atoms with Crippen LogP contribution in [0.25, 0.3) is 0 Å². The SMILES string of the molecule is Cc1ccc(Cl)cc1C(=O)NC1(/C(N)=N/O)CCCCC1. The van der Waals surface area contributed by atoms with Crippen LogP contribution in [0.3, 0.4) is 0 Å². The summed E-state index contributed by atoms with van der Waals surface area (Å²) in [6.45, 7) is 1.85. The molecule has 2 rings (SSSR count). The summed E-state index contributed by atoms with van der Waals surface area (Å²) >= 11 is 5.96. The molecule has 114 valence electrons. The van der Waals surface area contributed by atoms with E-state index in [1.807, 2.05) is 6.92 Å². The zero-order chi connectivity index (χ0) is 15.5.